The van der Waals surface area contributed by atoms with Crippen LogP contribution in [0.1, 0.15) is 5.82 Å². The van der Waals surface area contributed by atoms with Crippen LogP contribution in [0.3, 0.4) is 0 Å². The first-order valence-corrected chi connectivity index (χ1v) is 2.61. The number of rotatable bonds is 1. The van der Waals surface area contributed by atoms with E-state index in [1.165, 1.54) is 0 Å². The van der Waals surface area contributed by atoms with Crippen LogP contribution in [-0.4, -0.2) is 19.9 Å². The molecule has 0 aliphatic carbocycles. The molecule has 1 N–H and O–H groups in total. The molecule has 7 heteroatoms. The molecule has 11 heavy (non-hydrogen) atoms. The largest absolute Gasteiger partial charge is 0.451 e. The molecule has 0 spiro atoms. The van der Waals surface area contributed by atoms with Crippen molar-refractivity contribution in [2.75, 3.05) is 0 Å². The fraction of sp³-hybridized carbons (Fsp3) is 0.500. The highest BCUT2D eigenvalue weighted by Gasteiger charge is 2.36. The highest BCUT2D eigenvalue weighted by molar-refractivity contribution is 4.89. The summed E-state index contributed by atoms with van der Waals surface area (Å²) in [5.41, 5.74) is 0. The Morgan fingerprint density at radius 2 is 2.18 bits per heavy atom. The first kappa shape index (κ1) is 7.99. The predicted octanol–water partition coefficient (Wildman–Crippen LogP) is 0.247. The SMILES string of the molecule is OCn1ncnc1C(F)(F)F. The number of aromatic nitrogens is 3. The summed E-state index contributed by atoms with van der Waals surface area (Å²) < 4.78 is 35.9. The van der Waals surface area contributed by atoms with E-state index < -0.39 is 18.7 Å². The second-order valence-electron chi connectivity index (χ2n) is 1.72. The van der Waals surface area contributed by atoms with Crippen LogP contribution in [0.15, 0.2) is 6.33 Å². The molecule has 0 unspecified atom stereocenters. The molecule has 62 valence electrons. The van der Waals surface area contributed by atoms with E-state index in [4.69, 9.17) is 5.11 Å². The van der Waals surface area contributed by atoms with Crippen LogP contribution in [-0.2, 0) is 12.9 Å². The minimum atomic E-state index is -4.56. The lowest BCUT2D eigenvalue weighted by atomic mass is 10.6. The van der Waals surface area contributed by atoms with E-state index >= 15 is 0 Å². The van der Waals surface area contributed by atoms with Gasteiger partial charge in [-0.2, -0.15) is 18.3 Å². The second-order valence-corrected chi connectivity index (χ2v) is 1.72. The standard InChI is InChI=1S/C4H4F3N3O/c5-4(6,7)3-8-1-9-10(3)2-11/h1,11H,2H2. The third kappa shape index (κ3) is 1.48. The number of aliphatic hydroxyl groups excluding tert-OH is 1. The Bertz CT molecular complexity index is 243. The van der Waals surface area contributed by atoms with E-state index in [0.717, 1.165) is 6.33 Å². The van der Waals surface area contributed by atoms with Crippen LogP contribution in [0.5, 0.6) is 0 Å². The monoisotopic (exact) mass is 167 g/mol. The maximum Gasteiger partial charge on any atom is 0.451 e. The van der Waals surface area contributed by atoms with Crippen molar-refractivity contribution in [3.63, 3.8) is 0 Å². The van der Waals surface area contributed by atoms with Gasteiger partial charge in [0.05, 0.1) is 0 Å². The molecule has 4 nitrogen and oxygen atoms in total. The Morgan fingerprint density at radius 1 is 1.55 bits per heavy atom. The predicted molar refractivity (Wildman–Crippen MR) is 27.2 cm³/mol. The van der Waals surface area contributed by atoms with Gasteiger partial charge in [-0.3, -0.25) is 0 Å². The van der Waals surface area contributed by atoms with Gasteiger partial charge in [0, 0.05) is 0 Å². The molecule has 0 saturated carbocycles. The van der Waals surface area contributed by atoms with Gasteiger partial charge in [-0.05, 0) is 0 Å². The number of alkyl halides is 3. The van der Waals surface area contributed by atoms with E-state index in [-0.39, 0.29) is 0 Å². The van der Waals surface area contributed by atoms with Crippen molar-refractivity contribution in [3.8, 4) is 0 Å². The summed E-state index contributed by atoms with van der Waals surface area (Å²) in [6.45, 7) is -0.825. The van der Waals surface area contributed by atoms with Gasteiger partial charge in [-0.1, -0.05) is 0 Å². The van der Waals surface area contributed by atoms with Gasteiger partial charge in [-0.25, -0.2) is 9.67 Å². The quantitative estimate of drug-likeness (QED) is 0.652. The van der Waals surface area contributed by atoms with Crippen molar-refractivity contribution in [3.05, 3.63) is 12.2 Å². The van der Waals surface area contributed by atoms with Crippen molar-refractivity contribution < 1.29 is 18.3 Å². The summed E-state index contributed by atoms with van der Waals surface area (Å²) in [4.78, 5) is 2.93. The van der Waals surface area contributed by atoms with Crippen molar-refractivity contribution in [2.24, 2.45) is 0 Å². The average molecular weight is 167 g/mol. The van der Waals surface area contributed by atoms with Gasteiger partial charge < -0.3 is 5.11 Å². The molecule has 1 heterocycles. The second kappa shape index (κ2) is 2.50. The van der Waals surface area contributed by atoms with Gasteiger partial charge in [0.25, 0.3) is 0 Å². The summed E-state index contributed by atoms with van der Waals surface area (Å²) in [6, 6.07) is 0. The Hall–Kier alpha value is -1.11. The smallest absolute Gasteiger partial charge is 0.374 e. The van der Waals surface area contributed by atoms with E-state index in [0.29, 0.717) is 4.68 Å². The Balaban J connectivity index is 3.02. The summed E-state index contributed by atoms with van der Waals surface area (Å²) in [6.07, 6.45) is -3.82. The van der Waals surface area contributed by atoms with Crippen LogP contribution < -0.4 is 0 Å². The highest BCUT2D eigenvalue weighted by atomic mass is 19.4. The molecule has 1 rings (SSSR count). The number of aliphatic hydroxyl groups is 1. The zero-order valence-corrected chi connectivity index (χ0v) is 5.21. The molecule has 0 aliphatic rings. The topological polar surface area (TPSA) is 50.9 Å². The zero-order valence-electron chi connectivity index (χ0n) is 5.21. The molecule has 1 aromatic heterocycles. The number of nitrogens with zero attached hydrogens (tertiary/aromatic N) is 3. The molecular formula is C4H4F3N3O. The maximum atomic E-state index is 11.8. The fourth-order valence-corrected chi connectivity index (χ4v) is 0.587. The Labute approximate surface area is 59.3 Å². The molecule has 0 atom stereocenters. The molecule has 0 radical (unpaired) electrons. The van der Waals surface area contributed by atoms with Crippen LogP contribution >= 0.6 is 0 Å². The van der Waals surface area contributed by atoms with E-state index in [1.807, 2.05) is 0 Å². The molecular weight excluding hydrogens is 163 g/mol. The normalized spacial score (nSPS) is 12.0. The number of halogens is 3. The van der Waals surface area contributed by atoms with Gasteiger partial charge >= 0.3 is 6.18 Å². The third-order valence-electron chi connectivity index (χ3n) is 1.00. The zero-order chi connectivity index (χ0) is 8.48. The molecule has 0 amide bonds. The highest BCUT2D eigenvalue weighted by Crippen LogP contribution is 2.26. The summed E-state index contributed by atoms with van der Waals surface area (Å²) >= 11 is 0. The molecule has 0 bridgehead atoms. The summed E-state index contributed by atoms with van der Waals surface area (Å²) in [7, 11) is 0. The van der Waals surface area contributed by atoms with Crippen LogP contribution in [0.2, 0.25) is 0 Å². The minimum absolute atomic E-state index is 0.361. The minimum Gasteiger partial charge on any atom is -0.374 e. The van der Waals surface area contributed by atoms with Crippen LogP contribution in [0, 0.1) is 0 Å². The summed E-state index contributed by atoms with van der Waals surface area (Å²) in [5.74, 6) is -1.19. The first-order chi connectivity index (χ1) is 5.05. The Morgan fingerprint density at radius 3 is 2.55 bits per heavy atom. The lowest BCUT2D eigenvalue weighted by Crippen LogP contribution is -2.15. The third-order valence-corrected chi connectivity index (χ3v) is 1.00. The van der Waals surface area contributed by atoms with Gasteiger partial charge in [0.15, 0.2) is 0 Å². The first-order valence-electron chi connectivity index (χ1n) is 2.61. The van der Waals surface area contributed by atoms with E-state index in [1.54, 1.807) is 0 Å². The Kier molecular flexibility index (Phi) is 1.81. The lowest BCUT2D eigenvalue weighted by Gasteiger charge is -2.04. The van der Waals surface area contributed by atoms with Crippen molar-refractivity contribution in [1.82, 2.24) is 14.8 Å². The van der Waals surface area contributed by atoms with Gasteiger partial charge in [-0.15, -0.1) is 0 Å². The fourth-order valence-electron chi connectivity index (χ4n) is 0.587. The number of hydrogen-bond acceptors (Lipinski definition) is 3. The molecule has 1 aromatic rings. The molecule has 0 aliphatic heterocycles. The molecule has 0 aromatic carbocycles. The summed E-state index contributed by atoms with van der Waals surface area (Å²) in [5, 5.41) is 11.5. The average Bonchev–Trinajstić information content (AvgIpc) is 2.31. The van der Waals surface area contributed by atoms with Gasteiger partial charge in [0.1, 0.15) is 13.1 Å². The molecule has 0 saturated heterocycles. The van der Waals surface area contributed by atoms with Crippen LogP contribution in [0.25, 0.3) is 0 Å². The van der Waals surface area contributed by atoms with Gasteiger partial charge in [0.2, 0.25) is 5.82 Å². The van der Waals surface area contributed by atoms with Crippen molar-refractivity contribution in [2.45, 2.75) is 12.9 Å². The van der Waals surface area contributed by atoms with E-state index in [9.17, 15) is 13.2 Å². The van der Waals surface area contributed by atoms with Crippen molar-refractivity contribution >= 4 is 0 Å². The lowest BCUT2D eigenvalue weighted by molar-refractivity contribution is -0.149. The van der Waals surface area contributed by atoms with E-state index in [2.05, 4.69) is 10.1 Å². The number of hydrogen-bond donors (Lipinski definition) is 1. The maximum absolute atomic E-state index is 11.8. The van der Waals surface area contributed by atoms with Crippen molar-refractivity contribution in [1.29, 1.82) is 0 Å². The van der Waals surface area contributed by atoms with Crippen LogP contribution in [0.4, 0.5) is 13.2 Å². The molecule has 0 fully saturated rings.